The van der Waals surface area contributed by atoms with E-state index in [1.54, 1.807) is 30.3 Å². The highest BCUT2D eigenvalue weighted by Crippen LogP contribution is 2.35. The lowest BCUT2D eigenvalue weighted by Crippen LogP contribution is -2.20. The van der Waals surface area contributed by atoms with Crippen LogP contribution < -0.4 is 19.5 Å². The second-order valence-corrected chi connectivity index (χ2v) is 7.35. The van der Waals surface area contributed by atoms with Gasteiger partial charge >= 0.3 is 0 Å². The minimum absolute atomic E-state index is 0.149. The van der Waals surface area contributed by atoms with Crippen molar-refractivity contribution in [2.75, 3.05) is 25.1 Å². The Balaban J connectivity index is 1.32. The Morgan fingerprint density at radius 3 is 2.71 bits per heavy atom. The van der Waals surface area contributed by atoms with Crippen molar-refractivity contribution in [3.05, 3.63) is 65.7 Å². The van der Waals surface area contributed by atoms with Gasteiger partial charge in [-0.15, -0.1) is 0 Å². The summed E-state index contributed by atoms with van der Waals surface area (Å²) in [5.74, 6) is 2.25. The third-order valence-corrected chi connectivity index (χ3v) is 5.07. The maximum atomic E-state index is 12.3. The Hall–Kier alpha value is -3.71. The lowest BCUT2D eigenvalue weighted by Gasteiger charge is -2.17. The normalized spacial score (nSPS) is 12.5. The molecule has 0 radical (unpaired) electrons. The van der Waals surface area contributed by atoms with Crippen molar-refractivity contribution in [3.63, 3.8) is 0 Å². The van der Waals surface area contributed by atoms with E-state index in [9.17, 15) is 4.79 Å². The monoisotopic (exact) mass is 435 g/mol. The van der Waals surface area contributed by atoms with Crippen molar-refractivity contribution >= 4 is 34.2 Å². The summed E-state index contributed by atoms with van der Waals surface area (Å²) in [6.45, 7) is 0.906. The number of fused-ring (bicyclic) bond motifs is 2. The van der Waals surface area contributed by atoms with Crippen LogP contribution in [0.5, 0.6) is 17.2 Å². The van der Waals surface area contributed by atoms with Crippen LogP contribution in [0, 0.1) is 0 Å². The number of ether oxygens (including phenoxy) is 3. The number of rotatable bonds is 5. The highest BCUT2D eigenvalue weighted by Gasteiger charge is 2.15. The summed E-state index contributed by atoms with van der Waals surface area (Å²) in [5, 5.41) is 3.29. The van der Waals surface area contributed by atoms with Gasteiger partial charge in [0.2, 0.25) is 0 Å². The Bertz CT molecular complexity index is 1230. The molecule has 0 unspecified atom stereocenters. The first-order valence-electron chi connectivity index (χ1n) is 9.73. The molecule has 0 atom stereocenters. The highest BCUT2D eigenvalue weighted by atomic mass is 35.5. The SMILES string of the molecule is O=C(COc1ccccc1Cl)Nc1cccc(-c2nc3cc4c(cc3[nH]2)OCCO4)c1. The molecular formula is C23H18ClN3O4. The molecule has 0 aliphatic carbocycles. The molecule has 1 aromatic heterocycles. The minimum Gasteiger partial charge on any atom is -0.486 e. The first kappa shape index (κ1) is 19.3. The molecule has 31 heavy (non-hydrogen) atoms. The Morgan fingerprint density at radius 2 is 1.87 bits per heavy atom. The Kier molecular flexibility index (Phi) is 5.09. The summed E-state index contributed by atoms with van der Waals surface area (Å²) in [7, 11) is 0. The van der Waals surface area contributed by atoms with E-state index in [0.717, 1.165) is 16.6 Å². The maximum Gasteiger partial charge on any atom is 0.262 e. The number of aromatic amines is 1. The number of halogens is 1. The first-order chi connectivity index (χ1) is 15.2. The zero-order chi connectivity index (χ0) is 21.2. The molecule has 8 heteroatoms. The van der Waals surface area contributed by atoms with E-state index in [4.69, 9.17) is 25.8 Å². The summed E-state index contributed by atoms with van der Waals surface area (Å²) in [6, 6.07) is 18.2. The molecule has 0 saturated heterocycles. The number of carbonyl (C=O) groups is 1. The smallest absolute Gasteiger partial charge is 0.262 e. The number of carbonyl (C=O) groups excluding carboxylic acids is 1. The van der Waals surface area contributed by atoms with E-state index in [-0.39, 0.29) is 12.5 Å². The molecule has 4 aromatic rings. The zero-order valence-corrected chi connectivity index (χ0v) is 17.1. The Labute approximate surface area is 182 Å². The van der Waals surface area contributed by atoms with Crippen LogP contribution in [0.3, 0.4) is 0 Å². The van der Waals surface area contributed by atoms with Crippen LogP contribution in [0.4, 0.5) is 5.69 Å². The average molecular weight is 436 g/mol. The number of benzene rings is 3. The van der Waals surface area contributed by atoms with Crippen molar-refractivity contribution in [3.8, 4) is 28.6 Å². The number of nitrogens with one attached hydrogen (secondary N) is 2. The number of hydrogen-bond acceptors (Lipinski definition) is 5. The molecule has 1 aliphatic rings. The van der Waals surface area contributed by atoms with E-state index >= 15 is 0 Å². The first-order valence-corrected chi connectivity index (χ1v) is 10.1. The molecule has 2 N–H and O–H groups in total. The summed E-state index contributed by atoms with van der Waals surface area (Å²) in [6.07, 6.45) is 0. The van der Waals surface area contributed by atoms with E-state index in [1.807, 2.05) is 30.3 Å². The molecule has 0 fully saturated rings. The lowest BCUT2D eigenvalue weighted by molar-refractivity contribution is -0.118. The summed E-state index contributed by atoms with van der Waals surface area (Å²) < 4.78 is 16.7. The van der Waals surface area contributed by atoms with Crippen molar-refractivity contribution < 1.29 is 19.0 Å². The summed E-state index contributed by atoms with van der Waals surface area (Å²) >= 11 is 6.05. The number of amides is 1. The van der Waals surface area contributed by atoms with Crippen LogP contribution in [0.2, 0.25) is 5.02 Å². The molecule has 5 rings (SSSR count). The van der Waals surface area contributed by atoms with Crippen LogP contribution in [0.15, 0.2) is 60.7 Å². The van der Waals surface area contributed by atoms with Crippen molar-refractivity contribution in [1.29, 1.82) is 0 Å². The fourth-order valence-corrected chi connectivity index (χ4v) is 3.52. The molecule has 3 aromatic carbocycles. The molecule has 0 spiro atoms. The van der Waals surface area contributed by atoms with Gasteiger partial charge in [-0.2, -0.15) is 0 Å². The fraction of sp³-hybridized carbons (Fsp3) is 0.130. The third kappa shape index (κ3) is 4.13. The highest BCUT2D eigenvalue weighted by molar-refractivity contribution is 6.32. The molecule has 7 nitrogen and oxygen atoms in total. The van der Waals surface area contributed by atoms with Crippen LogP contribution in [0.25, 0.3) is 22.4 Å². The minimum atomic E-state index is -0.288. The van der Waals surface area contributed by atoms with Crippen molar-refractivity contribution in [2.45, 2.75) is 0 Å². The zero-order valence-electron chi connectivity index (χ0n) is 16.4. The van der Waals surface area contributed by atoms with Crippen LogP contribution in [-0.4, -0.2) is 35.7 Å². The Morgan fingerprint density at radius 1 is 1.06 bits per heavy atom. The van der Waals surface area contributed by atoms with E-state index in [1.165, 1.54) is 0 Å². The second kappa shape index (κ2) is 8.20. The fourth-order valence-electron chi connectivity index (χ4n) is 3.33. The van der Waals surface area contributed by atoms with Crippen molar-refractivity contribution in [2.24, 2.45) is 0 Å². The third-order valence-electron chi connectivity index (χ3n) is 4.76. The number of imidazole rings is 1. The number of H-pyrrole nitrogens is 1. The average Bonchev–Trinajstić information content (AvgIpc) is 3.20. The quantitative estimate of drug-likeness (QED) is 0.475. The van der Waals surface area contributed by atoms with Crippen LogP contribution >= 0.6 is 11.6 Å². The maximum absolute atomic E-state index is 12.3. The van der Waals surface area contributed by atoms with Gasteiger partial charge in [0.15, 0.2) is 18.1 Å². The van der Waals surface area contributed by atoms with Gasteiger partial charge in [0.25, 0.3) is 5.91 Å². The van der Waals surface area contributed by atoms with E-state index in [0.29, 0.717) is 47.0 Å². The molecule has 1 aliphatic heterocycles. The standard InChI is InChI=1S/C23H18ClN3O4/c24-16-6-1-2-7-19(16)31-13-22(28)25-15-5-3-4-14(10-15)23-26-17-11-20-21(12-18(17)27-23)30-9-8-29-20/h1-7,10-12H,8-9,13H2,(H,25,28)(H,26,27). The van der Waals surface area contributed by atoms with Gasteiger partial charge in [0.05, 0.1) is 16.1 Å². The van der Waals surface area contributed by atoms with Crippen LogP contribution in [-0.2, 0) is 4.79 Å². The molecule has 1 amide bonds. The summed E-state index contributed by atoms with van der Waals surface area (Å²) in [5.41, 5.74) is 3.10. The number of nitrogens with zero attached hydrogens (tertiary/aromatic N) is 1. The topological polar surface area (TPSA) is 85.5 Å². The molecule has 156 valence electrons. The number of para-hydroxylation sites is 1. The predicted molar refractivity (Wildman–Crippen MR) is 118 cm³/mol. The summed E-state index contributed by atoms with van der Waals surface area (Å²) in [4.78, 5) is 20.3. The second-order valence-electron chi connectivity index (χ2n) is 6.95. The number of aromatic nitrogens is 2. The van der Waals surface area contributed by atoms with E-state index in [2.05, 4.69) is 15.3 Å². The van der Waals surface area contributed by atoms with Gasteiger partial charge in [-0.05, 0) is 24.3 Å². The lowest BCUT2D eigenvalue weighted by atomic mass is 10.2. The van der Waals surface area contributed by atoms with Crippen LogP contribution in [0.1, 0.15) is 0 Å². The van der Waals surface area contributed by atoms with Gasteiger partial charge in [-0.25, -0.2) is 4.98 Å². The molecule has 0 bridgehead atoms. The van der Waals surface area contributed by atoms with Crippen molar-refractivity contribution in [1.82, 2.24) is 9.97 Å². The predicted octanol–water partition coefficient (Wildman–Crippen LogP) is 4.67. The van der Waals surface area contributed by atoms with Gasteiger partial charge in [-0.1, -0.05) is 35.9 Å². The molecular weight excluding hydrogens is 418 g/mol. The molecule has 0 saturated carbocycles. The van der Waals surface area contributed by atoms with Gasteiger partial charge in [0.1, 0.15) is 24.8 Å². The number of hydrogen-bond donors (Lipinski definition) is 2. The largest absolute Gasteiger partial charge is 0.486 e. The van der Waals surface area contributed by atoms with E-state index < -0.39 is 0 Å². The number of anilines is 1. The van der Waals surface area contributed by atoms with Gasteiger partial charge in [0, 0.05) is 23.4 Å². The van der Waals surface area contributed by atoms with Gasteiger partial charge < -0.3 is 24.5 Å². The van der Waals surface area contributed by atoms with Gasteiger partial charge in [-0.3, -0.25) is 4.79 Å². The molecule has 2 heterocycles.